The van der Waals surface area contributed by atoms with Gasteiger partial charge in [-0.15, -0.1) is 0 Å². The third-order valence-electron chi connectivity index (χ3n) is 1.95. The Balaban J connectivity index is 2.92. The van der Waals surface area contributed by atoms with Crippen molar-refractivity contribution >= 4 is 12.2 Å². The van der Waals surface area contributed by atoms with Gasteiger partial charge in [0.25, 0.3) is 0 Å². The van der Waals surface area contributed by atoms with Crippen molar-refractivity contribution in [2.45, 2.75) is 12.5 Å². The molecule has 0 aromatic heterocycles. The van der Waals surface area contributed by atoms with E-state index in [0.717, 1.165) is 6.29 Å². The zero-order valence-corrected chi connectivity index (χ0v) is 6.82. The van der Waals surface area contributed by atoms with Gasteiger partial charge in [-0.3, -0.25) is 0 Å². The second kappa shape index (κ2) is 4.00. The van der Waals surface area contributed by atoms with Crippen LogP contribution in [0, 0.1) is 5.92 Å². The fourth-order valence-corrected chi connectivity index (χ4v) is 1.32. The molecule has 2 atom stereocenters. The van der Waals surface area contributed by atoms with Gasteiger partial charge in [0.2, 0.25) is 0 Å². The molecule has 3 heteroatoms. The summed E-state index contributed by atoms with van der Waals surface area (Å²) in [6.07, 6.45) is 4.48. The maximum Gasteiger partial charge on any atom is 0.130 e. The fourth-order valence-electron chi connectivity index (χ4n) is 1.32. The number of allylic oxidation sites excluding steroid dienone is 1. The fraction of sp³-hybridized carbons (Fsp3) is 0.444. The summed E-state index contributed by atoms with van der Waals surface area (Å²) in [5.74, 6) is 1.53. The Morgan fingerprint density at radius 1 is 1.75 bits per heavy atom. The number of methoxy groups -OCH3 is 1. The third-order valence-corrected chi connectivity index (χ3v) is 1.95. The van der Waals surface area contributed by atoms with E-state index in [0.29, 0.717) is 12.0 Å². The molecule has 3 nitrogen and oxygen atoms in total. The molecule has 0 aromatic rings. The van der Waals surface area contributed by atoms with E-state index in [1.807, 2.05) is 0 Å². The zero-order chi connectivity index (χ0) is 8.97. The van der Waals surface area contributed by atoms with E-state index in [9.17, 15) is 9.59 Å². The normalized spacial score (nSPS) is 28.2. The lowest BCUT2D eigenvalue weighted by Crippen LogP contribution is -2.28. The molecule has 0 fully saturated rings. The van der Waals surface area contributed by atoms with Crippen LogP contribution in [0.2, 0.25) is 0 Å². The summed E-state index contributed by atoms with van der Waals surface area (Å²) in [4.78, 5) is 20.9. The molecular weight excluding hydrogens is 156 g/mol. The molecule has 1 rings (SSSR count). The summed E-state index contributed by atoms with van der Waals surface area (Å²) in [7, 11) is 1.48. The van der Waals surface area contributed by atoms with Crippen LogP contribution in [0.4, 0.5) is 0 Å². The molecule has 0 radical (unpaired) electrons. The molecule has 0 spiro atoms. The molecule has 0 unspecified atom stereocenters. The van der Waals surface area contributed by atoms with E-state index in [1.165, 1.54) is 7.11 Å². The van der Waals surface area contributed by atoms with Crippen LogP contribution in [-0.2, 0) is 14.3 Å². The average Bonchev–Trinajstić information content (AvgIpc) is 2.16. The number of carbonyl (C=O) groups excluding carboxylic acids is 2. The number of carbonyl (C=O) groups is 1. The lowest BCUT2D eigenvalue weighted by molar-refractivity contribution is -0.114. The minimum absolute atomic E-state index is 0.239. The van der Waals surface area contributed by atoms with Gasteiger partial charge < -0.3 is 9.53 Å². The van der Waals surface area contributed by atoms with E-state index < -0.39 is 6.10 Å². The Bertz CT molecular complexity index is 248. The quantitative estimate of drug-likeness (QED) is 0.444. The van der Waals surface area contributed by atoms with E-state index >= 15 is 0 Å². The highest BCUT2D eigenvalue weighted by atomic mass is 16.5. The molecule has 1 aliphatic carbocycles. The van der Waals surface area contributed by atoms with Gasteiger partial charge in [0.1, 0.15) is 18.3 Å². The maximum absolute atomic E-state index is 10.5. The summed E-state index contributed by atoms with van der Waals surface area (Å²) in [6, 6.07) is 0. The largest absolute Gasteiger partial charge is 0.375 e. The van der Waals surface area contributed by atoms with Gasteiger partial charge in [-0.2, -0.15) is 0 Å². The van der Waals surface area contributed by atoms with E-state index in [4.69, 9.17) is 4.74 Å². The first kappa shape index (κ1) is 8.91. The van der Waals surface area contributed by atoms with Crippen LogP contribution in [-0.4, -0.2) is 25.4 Å². The monoisotopic (exact) mass is 166 g/mol. The smallest absolute Gasteiger partial charge is 0.130 e. The van der Waals surface area contributed by atoms with Crippen molar-refractivity contribution in [3.05, 3.63) is 17.7 Å². The number of rotatable bonds is 2. The van der Waals surface area contributed by atoms with Crippen molar-refractivity contribution in [1.82, 2.24) is 0 Å². The Hall–Kier alpha value is -1.18. The molecule has 0 saturated carbocycles. The van der Waals surface area contributed by atoms with Gasteiger partial charge in [0.15, 0.2) is 0 Å². The van der Waals surface area contributed by atoms with Crippen LogP contribution in [0.25, 0.3) is 0 Å². The molecular formula is C9H10O3. The molecule has 12 heavy (non-hydrogen) atoms. The number of ether oxygens (including phenoxy) is 1. The van der Waals surface area contributed by atoms with Crippen LogP contribution >= 0.6 is 0 Å². The van der Waals surface area contributed by atoms with Crippen molar-refractivity contribution < 1.29 is 14.3 Å². The summed E-state index contributed by atoms with van der Waals surface area (Å²) in [5, 5.41) is 0. The molecule has 0 bridgehead atoms. The Labute approximate surface area is 70.7 Å². The highest BCUT2D eigenvalue weighted by molar-refractivity contribution is 5.65. The predicted octanol–water partition coefficient (Wildman–Crippen LogP) is 0.534. The molecule has 0 saturated heterocycles. The second-order valence-electron chi connectivity index (χ2n) is 2.65. The molecule has 0 aliphatic heterocycles. The molecule has 0 amide bonds. The van der Waals surface area contributed by atoms with Gasteiger partial charge >= 0.3 is 0 Å². The number of hydrogen-bond donors (Lipinski definition) is 0. The lowest BCUT2D eigenvalue weighted by Gasteiger charge is -2.22. The average molecular weight is 166 g/mol. The lowest BCUT2D eigenvalue weighted by atomic mass is 9.89. The first-order valence-electron chi connectivity index (χ1n) is 3.73. The van der Waals surface area contributed by atoms with E-state index in [2.05, 4.69) is 0 Å². The maximum atomic E-state index is 10.5. The molecule has 0 heterocycles. The Morgan fingerprint density at radius 2 is 2.50 bits per heavy atom. The summed E-state index contributed by atoms with van der Waals surface area (Å²) < 4.78 is 5.02. The Kier molecular flexibility index (Phi) is 2.97. The van der Waals surface area contributed by atoms with Crippen LogP contribution in [0.15, 0.2) is 17.7 Å². The van der Waals surface area contributed by atoms with E-state index in [1.54, 1.807) is 18.1 Å². The van der Waals surface area contributed by atoms with E-state index in [-0.39, 0.29) is 5.92 Å². The highest BCUT2D eigenvalue weighted by Crippen LogP contribution is 2.22. The standard InChI is InChI=1S/C9H10O3/c1-12-9-7(5-10)3-2-4-8(9)6-11/h2-3,6,8-9H,4H2,1H3/t8-,9+/m0/s1. The van der Waals surface area contributed by atoms with Crippen molar-refractivity contribution in [3.8, 4) is 0 Å². The topological polar surface area (TPSA) is 43.4 Å². The minimum Gasteiger partial charge on any atom is -0.375 e. The van der Waals surface area contributed by atoms with Crippen molar-refractivity contribution in [2.24, 2.45) is 5.92 Å². The second-order valence-corrected chi connectivity index (χ2v) is 2.65. The van der Waals surface area contributed by atoms with Gasteiger partial charge in [-0.1, -0.05) is 6.08 Å². The van der Waals surface area contributed by atoms with Crippen LogP contribution in [0.5, 0.6) is 0 Å². The summed E-state index contributed by atoms with van der Waals surface area (Å²) in [5.41, 5.74) is 0.417. The highest BCUT2D eigenvalue weighted by Gasteiger charge is 2.26. The SMILES string of the molecule is CO[C@@H]1C(=C=O)C=CC[C@H]1C=O. The summed E-state index contributed by atoms with van der Waals surface area (Å²) >= 11 is 0. The van der Waals surface area contributed by atoms with Crippen molar-refractivity contribution in [1.29, 1.82) is 0 Å². The molecule has 0 N–H and O–H groups in total. The molecule has 0 aromatic carbocycles. The van der Waals surface area contributed by atoms with Crippen LogP contribution in [0.1, 0.15) is 6.42 Å². The molecule has 64 valence electrons. The Morgan fingerprint density at radius 3 is 3.00 bits per heavy atom. The van der Waals surface area contributed by atoms with Crippen molar-refractivity contribution in [3.63, 3.8) is 0 Å². The minimum atomic E-state index is -0.412. The van der Waals surface area contributed by atoms with Crippen molar-refractivity contribution in [2.75, 3.05) is 7.11 Å². The number of aldehydes is 1. The first-order valence-corrected chi connectivity index (χ1v) is 3.73. The predicted molar refractivity (Wildman–Crippen MR) is 43.3 cm³/mol. The van der Waals surface area contributed by atoms with Gasteiger partial charge in [0.05, 0.1) is 5.57 Å². The summed E-state index contributed by atoms with van der Waals surface area (Å²) in [6.45, 7) is 0. The van der Waals surface area contributed by atoms with Gasteiger partial charge in [-0.05, 0) is 12.5 Å². The van der Waals surface area contributed by atoms with Crippen LogP contribution in [0.3, 0.4) is 0 Å². The zero-order valence-electron chi connectivity index (χ0n) is 6.82. The number of hydrogen-bond acceptors (Lipinski definition) is 3. The van der Waals surface area contributed by atoms with Crippen LogP contribution < -0.4 is 0 Å². The van der Waals surface area contributed by atoms with Gasteiger partial charge in [-0.25, -0.2) is 4.79 Å². The van der Waals surface area contributed by atoms with Gasteiger partial charge in [0, 0.05) is 13.0 Å². The molecule has 1 aliphatic rings. The third kappa shape index (κ3) is 1.52. The first-order chi connectivity index (χ1) is 5.83.